The zero-order valence-electron chi connectivity index (χ0n) is 13.5. The van der Waals surface area contributed by atoms with Gasteiger partial charge in [0.1, 0.15) is 5.69 Å². The highest BCUT2D eigenvalue weighted by Crippen LogP contribution is 2.29. The van der Waals surface area contributed by atoms with Gasteiger partial charge in [-0.15, -0.1) is 0 Å². The van der Waals surface area contributed by atoms with E-state index in [0.717, 1.165) is 32.2 Å². The summed E-state index contributed by atoms with van der Waals surface area (Å²) in [5.74, 6) is -0.480. The Kier molecular flexibility index (Phi) is 4.98. The first-order valence-electron chi connectivity index (χ1n) is 8.69. The SMILES string of the molecule is O=C(O)CC[C@H]1CCCN(C(=O)c2ccn(C3CCCC3)n2)C1. The van der Waals surface area contributed by atoms with E-state index in [2.05, 4.69) is 5.10 Å². The summed E-state index contributed by atoms with van der Waals surface area (Å²) in [5.41, 5.74) is 0.524. The van der Waals surface area contributed by atoms with Gasteiger partial charge in [0, 0.05) is 25.7 Å². The maximum absolute atomic E-state index is 12.6. The van der Waals surface area contributed by atoms with Gasteiger partial charge >= 0.3 is 5.97 Å². The topological polar surface area (TPSA) is 75.4 Å². The number of rotatable bonds is 5. The molecule has 23 heavy (non-hydrogen) atoms. The number of hydrogen-bond acceptors (Lipinski definition) is 3. The van der Waals surface area contributed by atoms with Crippen molar-refractivity contribution < 1.29 is 14.7 Å². The van der Waals surface area contributed by atoms with E-state index in [1.807, 2.05) is 21.8 Å². The molecule has 0 aromatic carbocycles. The van der Waals surface area contributed by atoms with Gasteiger partial charge in [0.2, 0.25) is 0 Å². The molecule has 6 nitrogen and oxygen atoms in total. The van der Waals surface area contributed by atoms with E-state index in [-0.39, 0.29) is 12.3 Å². The average Bonchev–Trinajstić information content (AvgIpc) is 3.23. The van der Waals surface area contributed by atoms with E-state index in [1.165, 1.54) is 12.8 Å². The molecule has 1 N–H and O–H groups in total. The van der Waals surface area contributed by atoms with Crippen molar-refractivity contribution in [2.75, 3.05) is 13.1 Å². The van der Waals surface area contributed by atoms with Crippen LogP contribution in [-0.2, 0) is 4.79 Å². The summed E-state index contributed by atoms with van der Waals surface area (Å²) < 4.78 is 1.95. The number of carbonyl (C=O) groups is 2. The summed E-state index contributed by atoms with van der Waals surface area (Å²) in [6, 6.07) is 2.27. The van der Waals surface area contributed by atoms with E-state index in [1.54, 1.807) is 0 Å². The first-order valence-corrected chi connectivity index (χ1v) is 8.69. The van der Waals surface area contributed by atoms with Gasteiger partial charge in [-0.05, 0) is 44.1 Å². The maximum Gasteiger partial charge on any atom is 0.303 e. The van der Waals surface area contributed by atoms with Gasteiger partial charge in [-0.3, -0.25) is 14.3 Å². The van der Waals surface area contributed by atoms with Crippen molar-refractivity contribution in [2.24, 2.45) is 5.92 Å². The van der Waals surface area contributed by atoms with Crippen molar-refractivity contribution >= 4 is 11.9 Å². The monoisotopic (exact) mass is 319 g/mol. The molecule has 0 unspecified atom stereocenters. The van der Waals surface area contributed by atoms with Gasteiger partial charge in [0.25, 0.3) is 5.91 Å². The smallest absolute Gasteiger partial charge is 0.303 e. The normalized spacial score (nSPS) is 22.4. The number of likely N-dealkylation sites (tertiary alicyclic amines) is 1. The van der Waals surface area contributed by atoms with E-state index in [9.17, 15) is 9.59 Å². The second-order valence-corrected chi connectivity index (χ2v) is 6.81. The maximum atomic E-state index is 12.6. The molecule has 1 aliphatic carbocycles. The lowest BCUT2D eigenvalue weighted by molar-refractivity contribution is -0.137. The van der Waals surface area contributed by atoms with Gasteiger partial charge in [0.15, 0.2) is 0 Å². The fourth-order valence-electron chi connectivity index (χ4n) is 3.80. The highest BCUT2D eigenvalue weighted by molar-refractivity contribution is 5.92. The number of aliphatic carboxylic acids is 1. The highest BCUT2D eigenvalue weighted by atomic mass is 16.4. The van der Waals surface area contributed by atoms with Crippen molar-refractivity contribution in [1.82, 2.24) is 14.7 Å². The van der Waals surface area contributed by atoms with Crippen molar-refractivity contribution in [3.63, 3.8) is 0 Å². The van der Waals surface area contributed by atoms with Crippen molar-refractivity contribution in [1.29, 1.82) is 0 Å². The second kappa shape index (κ2) is 7.15. The van der Waals surface area contributed by atoms with Gasteiger partial charge in [-0.1, -0.05) is 12.8 Å². The number of aromatic nitrogens is 2. The Morgan fingerprint density at radius 1 is 1.22 bits per heavy atom. The standard InChI is InChI=1S/C17H25N3O3/c21-16(22)8-7-13-4-3-10-19(12-13)17(23)15-9-11-20(18-15)14-5-1-2-6-14/h9,11,13-14H,1-8,10,12H2,(H,21,22)/t13-/m1/s1. The Morgan fingerprint density at radius 2 is 2.00 bits per heavy atom. The summed E-state index contributed by atoms with van der Waals surface area (Å²) in [5, 5.41) is 13.3. The molecule has 0 radical (unpaired) electrons. The number of piperidine rings is 1. The predicted octanol–water partition coefficient (Wildman–Crippen LogP) is 2.72. The molecule has 1 aromatic heterocycles. The van der Waals surface area contributed by atoms with Gasteiger partial charge in [-0.25, -0.2) is 0 Å². The minimum Gasteiger partial charge on any atom is -0.481 e. The van der Waals surface area contributed by atoms with E-state index >= 15 is 0 Å². The Labute approximate surface area is 136 Å². The average molecular weight is 319 g/mol. The van der Waals surface area contributed by atoms with Crippen LogP contribution in [0.5, 0.6) is 0 Å². The van der Waals surface area contributed by atoms with Crippen LogP contribution in [0.1, 0.15) is 67.9 Å². The number of hydrogen-bond donors (Lipinski definition) is 1. The number of carboxylic acids is 1. The molecule has 1 aromatic rings. The third kappa shape index (κ3) is 3.92. The lowest BCUT2D eigenvalue weighted by Gasteiger charge is -2.32. The van der Waals surface area contributed by atoms with Crippen LogP contribution in [0.25, 0.3) is 0 Å². The number of amides is 1. The number of carbonyl (C=O) groups excluding carboxylic acids is 1. The largest absolute Gasteiger partial charge is 0.481 e. The van der Waals surface area contributed by atoms with Crippen molar-refractivity contribution in [3.05, 3.63) is 18.0 Å². The van der Waals surface area contributed by atoms with Crippen LogP contribution >= 0.6 is 0 Å². The fraction of sp³-hybridized carbons (Fsp3) is 0.706. The molecule has 0 spiro atoms. The summed E-state index contributed by atoms with van der Waals surface area (Å²) in [6.45, 7) is 1.40. The zero-order valence-corrected chi connectivity index (χ0v) is 13.5. The lowest BCUT2D eigenvalue weighted by atomic mass is 9.93. The quantitative estimate of drug-likeness (QED) is 0.905. The van der Waals surface area contributed by atoms with Crippen molar-refractivity contribution in [3.8, 4) is 0 Å². The van der Waals surface area contributed by atoms with Gasteiger partial charge < -0.3 is 10.0 Å². The molecule has 2 heterocycles. The van der Waals surface area contributed by atoms with Gasteiger partial charge in [-0.2, -0.15) is 5.10 Å². The summed E-state index contributed by atoms with van der Waals surface area (Å²) >= 11 is 0. The molecule has 1 saturated carbocycles. The van der Waals surface area contributed by atoms with Crippen molar-refractivity contribution in [2.45, 2.75) is 57.4 Å². The van der Waals surface area contributed by atoms with Crippen LogP contribution < -0.4 is 0 Å². The second-order valence-electron chi connectivity index (χ2n) is 6.81. The molecule has 2 fully saturated rings. The number of nitrogens with zero attached hydrogens (tertiary/aromatic N) is 3. The fourth-order valence-corrected chi connectivity index (χ4v) is 3.80. The predicted molar refractivity (Wildman–Crippen MR) is 85.2 cm³/mol. The van der Waals surface area contributed by atoms with Crippen LogP contribution in [0.2, 0.25) is 0 Å². The van der Waals surface area contributed by atoms with Crippen LogP contribution in [0, 0.1) is 5.92 Å². The lowest BCUT2D eigenvalue weighted by Crippen LogP contribution is -2.40. The third-order valence-corrected chi connectivity index (χ3v) is 5.10. The van der Waals surface area contributed by atoms with Crippen LogP contribution in [0.3, 0.4) is 0 Å². The van der Waals surface area contributed by atoms with E-state index < -0.39 is 5.97 Å². The highest BCUT2D eigenvalue weighted by Gasteiger charge is 2.27. The first-order chi connectivity index (χ1) is 11.1. The molecule has 1 atom stereocenters. The van der Waals surface area contributed by atoms with Gasteiger partial charge in [0.05, 0.1) is 6.04 Å². The summed E-state index contributed by atoms with van der Waals surface area (Å²) in [6.07, 6.45) is 9.49. The summed E-state index contributed by atoms with van der Waals surface area (Å²) in [4.78, 5) is 25.2. The molecular formula is C17H25N3O3. The molecule has 1 aliphatic heterocycles. The molecule has 2 aliphatic rings. The van der Waals surface area contributed by atoms with Crippen LogP contribution in [-0.4, -0.2) is 44.8 Å². The molecule has 126 valence electrons. The molecule has 1 amide bonds. The van der Waals surface area contributed by atoms with E-state index in [4.69, 9.17) is 5.11 Å². The van der Waals surface area contributed by atoms with E-state index in [0.29, 0.717) is 30.6 Å². The zero-order chi connectivity index (χ0) is 16.2. The molecule has 6 heteroatoms. The molecule has 1 saturated heterocycles. The minimum atomic E-state index is -0.760. The molecular weight excluding hydrogens is 294 g/mol. The Hall–Kier alpha value is -1.85. The number of carboxylic acid groups (broad SMARTS) is 1. The molecule has 3 rings (SSSR count). The Balaban J connectivity index is 1.59. The first kappa shape index (κ1) is 16.0. The third-order valence-electron chi connectivity index (χ3n) is 5.10. The Morgan fingerprint density at radius 3 is 2.74 bits per heavy atom. The molecule has 0 bridgehead atoms. The van der Waals surface area contributed by atoms with Crippen LogP contribution in [0.15, 0.2) is 12.3 Å². The van der Waals surface area contributed by atoms with Crippen LogP contribution in [0.4, 0.5) is 0 Å². The minimum absolute atomic E-state index is 0.0122. The Bertz CT molecular complexity index is 563. The summed E-state index contributed by atoms with van der Waals surface area (Å²) in [7, 11) is 0.